The largest absolute Gasteiger partial charge is 0.444 e. The van der Waals surface area contributed by atoms with E-state index in [-0.39, 0.29) is 0 Å². The maximum absolute atomic E-state index is 11.7. The Morgan fingerprint density at radius 2 is 2.14 bits per heavy atom. The number of rotatable bonds is 3. The van der Waals surface area contributed by atoms with Gasteiger partial charge in [0.15, 0.2) is 0 Å². The number of carbonyl (C=O) groups is 1. The minimum Gasteiger partial charge on any atom is -0.444 e. The van der Waals surface area contributed by atoms with Crippen LogP contribution in [0.3, 0.4) is 0 Å². The highest BCUT2D eigenvalue weighted by Crippen LogP contribution is 2.16. The number of aromatic nitrogens is 1. The van der Waals surface area contributed by atoms with E-state index < -0.39 is 11.7 Å². The van der Waals surface area contributed by atoms with E-state index in [9.17, 15) is 4.79 Å². The van der Waals surface area contributed by atoms with Gasteiger partial charge in [0.25, 0.3) is 0 Å². The molecule has 22 heavy (non-hydrogen) atoms. The molecule has 2 heterocycles. The molecule has 0 radical (unpaired) electrons. The van der Waals surface area contributed by atoms with Crippen molar-refractivity contribution in [2.45, 2.75) is 51.7 Å². The van der Waals surface area contributed by atoms with Gasteiger partial charge < -0.3 is 15.4 Å². The van der Waals surface area contributed by atoms with E-state index in [1.165, 1.54) is 6.42 Å². The lowest BCUT2D eigenvalue weighted by Crippen LogP contribution is -2.27. The number of nitrogens with zero attached hydrogens (tertiary/aromatic N) is 1. The van der Waals surface area contributed by atoms with Crippen molar-refractivity contribution >= 4 is 17.6 Å². The molecule has 1 aromatic rings. The Bertz CT molecular complexity index is 474. The van der Waals surface area contributed by atoms with E-state index in [1.54, 1.807) is 12.3 Å². The normalized spacial score (nSPS) is 19.1. The number of pyridine rings is 1. The average Bonchev–Trinajstić information content (AvgIpc) is 2.67. The maximum atomic E-state index is 11.7. The second-order valence-corrected chi connectivity index (χ2v) is 6.58. The van der Waals surface area contributed by atoms with Crippen molar-refractivity contribution in [2.24, 2.45) is 0 Å². The number of ether oxygens (including phenoxy) is 1. The van der Waals surface area contributed by atoms with Crippen LogP contribution in [0.4, 0.5) is 16.3 Å². The van der Waals surface area contributed by atoms with Crippen LogP contribution in [0.2, 0.25) is 0 Å². The molecule has 6 nitrogen and oxygen atoms in total. The van der Waals surface area contributed by atoms with Gasteiger partial charge in [-0.25, -0.2) is 9.78 Å². The van der Waals surface area contributed by atoms with Gasteiger partial charge in [-0.1, -0.05) is 0 Å². The number of carbonyl (C=O) groups excluding carboxylic acids is 1. The monoisotopic (exact) mass is 306 g/mol. The van der Waals surface area contributed by atoms with Gasteiger partial charge in [-0.05, 0) is 65.3 Å². The van der Waals surface area contributed by atoms with Crippen molar-refractivity contribution in [2.75, 3.05) is 23.7 Å². The summed E-state index contributed by atoms with van der Waals surface area (Å²) in [7, 11) is 0. The Morgan fingerprint density at radius 3 is 2.82 bits per heavy atom. The number of amides is 1. The van der Waals surface area contributed by atoms with Gasteiger partial charge in [-0.3, -0.25) is 5.32 Å². The van der Waals surface area contributed by atoms with E-state index in [2.05, 4.69) is 20.9 Å². The van der Waals surface area contributed by atoms with E-state index in [0.717, 1.165) is 31.6 Å². The van der Waals surface area contributed by atoms with Crippen LogP contribution >= 0.6 is 0 Å². The molecule has 1 aromatic heterocycles. The molecule has 1 amide bonds. The molecule has 0 aromatic carbocycles. The molecule has 0 aliphatic carbocycles. The Balaban J connectivity index is 1.85. The van der Waals surface area contributed by atoms with Crippen LogP contribution in [0.5, 0.6) is 0 Å². The highest BCUT2D eigenvalue weighted by molar-refractivity contribution is 5.83. The third kappa shape index (κ3) is 5.89. The predicted molar refractivity (Wildman–Crippen MR) is 88.2 cm³/mol. The highest BCUT2D eigenvalue weighted by Gasteiger charge is 2.16. The quantitative estimate of drug-likeness (QED) is 0.800. The fourth-order valence-corrected chi connectivity index (χ4v) is 2.36. The van der Waals surface area contributed by atoms with Gasteiger partial charge in [-0.15, -0.1) is 0 Å². The first-order chi connectivity index (χ1) is 10.4. The van der Waals surface area contributed by atoms with Crippen LogP contribution in [-0.4, -0.2) is 35.8 Å². The Labute approximate surface area is 132 Å². The number of hydrogen-bond donors (Lipinski definition) is 3. The van der Waals surface area contributed by atoms with Crippen molar-refractivity contribution in [1.29, 1.82) is 0 Å². The van der Waals surface area contributed by atoms with Gasteiger partial charge in [0.2, 0.25) is 0 Å². The molecule has 1 saturated heterocycles. The molecule has 0 unspecified atom stereocenters. The average molecular weight is 306 g/mol. The second-order valence-electron chi connectivity index (χ2n) is 6.58. The van der Waals surface area contributed by atoms with Crippen molar-refractivity contribution in [3.63, 3.8) is 0 Å². The molecular weight excluding hydrogens is 280 g/mol. The molecule has 6 heteroatoms. The van der Waals surface area contributed by atoms with Crippen molar-refractivity contribution < 1.29 is 9.53 Å². The molecule has 1 atom stereocenters. The van der Waals surface area contributed by atoms with E-state index in [4.69, 9.17) is 4.74 Å². The topological polar surface area (TPSA) is 75.3 Å². The smallest absolute Gasteiger partial charge is 0.413 e. The third-order valence-corrected chi connectivity index (χ3v) is 3.34. The summed E-state index contributed by atoms with van der Waals surface area (Å²) in [4.78, 5) is 15.9. The van der Waals surface area contributed by atoms with Gasteiger partial charge in [0, 0.05) is 6.04 Å². The van der Waals surface area contributed by atoms with Crippen LogP contribution in [0.25, 0.3) is 0 Å². The Hall–Kier alpha value is -1.82. The molecule has 1 fully saturated rings. The van der Waals surface area contributed by atoms with E-state index in [0.29, 0.717) is 11.9 Å². The first kappa shape index (κ1) is 16.5. The van der Waals surface area contributed by atoms with Crippen LogP contribution in [-0.2, 0) is 4.74 Å². The molecular formula is C16H26N4O2. The highest BCUT2D eigenvalue weighted by atomic mass is 16.6. The summed E-state index contributed by atoms with van der Waals surface area (Å²) < 4.78 is 5.19. The maximum Gasteiger partial charge on any atom is 0.413 e. The predicted octanol–water partition coefficient (Wildman–Crippen LogP) is 2.98. The summed E-state index contributed by atoms with van der Waals surface area (Å²) in [5.41, 5.74) is 0.459. The molecule has 0 saturated carbocycles. The number of anilines is 2. The van der Waals surface area contributed by atoms with Gasteiger partial charge in [-0.2, -0.15) is 0 Å². The van der Waals surface area contributed by atoms with Crippen molar-refractivity contribution in [1.82, 2.24) is 10.3 Å². The lowest BCUT2D eigenvalue weighted by molar-refractivity contribution is 0.0635. The van der Waals surface area contributed by atoms with Crippen molar-refractivity contribution in [3.8, 4) is 0 Å². The zero-order valence-electron chi connectivity index (χ0n) is 13.6. The lowest BCUT2D eigenvalue weighted by Gasteiger charge is -2.20. The zero-order valence-corrected chi connectivity index (χ0v) is 13.6. The number of nitrogens with one attached hydrogen (secondary N) is 3. The second kappa shape index (κ2) is 7.45. The number of hydrogen-bond acceptors (Lipinski definition) is 5. The molecule has 122 valence electrons. The Kier molecular flexibility index (Phi) is 5.60. The van der Waals surface area contributed by atoms with Crippen molar-refractivity contribution in [3.05, 3.63) is 18.3 Å². The molecule has 0 spiro atoms. The van der Waals surface area contributed by atoms with Crippen LogP contribution in [0.1, 0.15) is 40.0 Å². The van der Waals surface area contributed by atoms with Crippen LogP contribution < -0.4 is 16.0 Å². The summed E-state index contributed by atoms with van der Waals surface area (Å²) >= 11 is 0. The van der Waals surface area contributed by atoms with Gasteiger partial charge in [0.1, 0.15) is 11.4 Å². The zero-order chi connectivity index (χ0) is 16.0. The molecule has 3 N–H and O–H groups in total. The summed E-state index contributed by atoms with van der Waals surface area (Å²) in [6.07, 6.45) is 4.70. The van der Waals surface area contributed by atoms with E-state index >= 15 is 0 Å². The minimum absolute atomic E-state index is 0.474. The van der Waals surface area contributed by atoms with E-state index in [1.807, 2.05) is 26.8 Å². The van der Waals surface area contributed by atoms with Gasteiger partial charge in [0.05, 0.1) is 11.9 Å². The standard InChI is InChI=1S/C16H26N4O2/c1-16(2,3)22-15(21)20-14-7-6-13(11-18-14)19-12-5-4-9-17-10-8-12/h6-7,11-12,17,19H,4-5,8-10H2,1-3H3,(H,18,20,21)/t12-/m1/s1. The van der Waals surface area contributed by atoms with Gasteiger partial charge >= 0.3 is 6.09 Å². The molecule has 2 rings (SSSR count). The Morgan fingerprint density at radius 1 is 1.32 bits per heavy atom. The third-order valence-electron chi connectivity index (χ3n) is 3.34. The first-order valence-electron chi connectivity index (χ1n) is 7.86. The van der Waals surface area contributed by atoms with Crippen LogP contribution in [0.15, 0.2) is 18.3 Å². The molecule has 0 bridgehead atoms. The van der Waals surface area contributed by atoms with Crippen LogP contribution in [0, 0.1) is 0 Å². The fourth-order valence-electron chi connectivity index (χ4n) is 2.36. The molecule has 1 aliphatic rings. The first-order valence-corrected chi connectivity index (χ1v) is 7.86. The SMILES string of the molecule is CC(C)(C)OC(=O)Nc1ccc(N[C@@H]2CCCNCC2)cn1. The lowest BCUT2D eigenvalue weighted by atomic mass is 10.1. The fraction of sp³-hybridized carbons (Fsp3) is 0.625. The summed E-state index contributed by atoms with van der Waals surface area (Å²) in [5.74, 6) is 0.488. The summed E-state index contributed by atoms with van der Waals surface area (Å²) in [5, 5.41) is 9.52. The summed E-state index contributed by atoms with van der Waals surface area (Å²) in [6.45, 7) is 7.62. The minimum atomic E-state index is -0.515. The molecule has 1 aliphatic heterocycles. The summed E-state index contributed by atoms with van der Waals surface area (Å²) in [6, 6.07) is 4.18.